The van der Waals surface area contributed by atoms with E-state index in [2.05, 4.69) is 0 Å². The molecule has 0 unspecified atom stereocenters. The first-order chi connectivity index (χ1) is 7.11. The van der Waals surface area contributed by atoms with Crippen LogP contribution >= 0.6 is 0 Å². The van der Waals surface area contributed by atoms with E-state index in [-0.39, 0.29) is 10.6 Å². The van der Waals surface area contributed by atoms with Crippen LogP contribution in [-0.2, 0) is 9.84 Å². The largest absolute Gasteiger partial charge is 0.495 e. The van der Waals surface area contributed by atoms with Gasteiger partial charge in [0, 0.05) is 0 Å². The van der Waals surface area contributed by atoms with E-state index >= 15 is 0 Å². The van der Waals surface area contributed by atoms with E-state index in [1.54, 1.807) is 43.3 Å². The first-order valence-corrected chi connectivity index (χ1v) is 6.24. The van der Waals surface area contributed by atoms with E-state index in [9.17, 15) is 8.42 Å². The summed E-state index contributed by atoms with van der Waals surface area (Å²) in [7, 11) is -1.81. The molecule has 0 atom stereocenters. The monoisotopic (exact) mass is 226 g/mol. The van der Waals surface area contributed by atoms with Gasteiger partial charge in [-0.25, -0.2) is 8.42 Å². The first-order valence-electron chi connectivity index (χ1n) is 4.58. The molecule has 82 valence electrons. The highest BCUT2D eigenvalue weighted by molar-refractivity contribution is 7.91. The second-order valence-corrected chi connectivity index (χ2v) is 5.00. The van der Waals surface area contributed by atoms with Crippen molar-refractivity contribution in [2.75, 3.05) is 12.9 Å². The van der Waals surface area contributed by atoms with Gasteiger partial charge in [0.25, 0.3) is 0 Å². The molecule has 0 amide bonds. The highest BCUT2D eigenvalue weighted by Gasteiger charge is 2.16. The van der Waals surface area contributed by atoms with Crippen molar-refractivity contribution in [3.05, 3.63) is 36.4 Å². The molecule has 0 aliphatic carbocycles. The predicted octanol–water partition coefficient (Wildman–Crippen LogP) is 2.04. The highest BCUT2D eigenvalue weighted by atomic mass is 32.2. The molecule has 0 fully saturated rings. The molecule has 0 aliphatic heterocycles. The lowest BCUT2D eigenvalue weighted by atomic mass is 10.3. The Morgan fingerprint density at radius 2 is 2.00 bits per heavy atom. The van der Waals surface area contributed by atoms with Gasteiger partial charge in [0.2, 0.25) is 0 Å². The van der Waals surface area contributed by atoms with Gasteiger partial charge in [-0.1, -0.05) is 24.3 Å². The summed E-state index contributed by atoms with van der Waals surface area (Å²) in [4.78, 5) is 0.241. The third-order valence-electron chi connectivity index (χ3n) is 1.96. The van der Waals surface area contributed by atoms with Gasteiger partial charge in [0.15, 0.2) is 9.84 Å². The Kier molecular flexibility index (Phi) is 3.91. The molecule has 0 aliphatic rings. The Morgan fingerprint density at radius 3 is 2.60 bits per heavy atom. The second kappa shape index (κ2) is 4.98. The first kappa shape index (κ1) is 11.8. The molecule has 0 spiro atoms. The lowest BCUT2D eigenvalue weighted by molar-refractivity contribution is 0.403. The zero-order valence-electron chi connectivity index (χ0n) is 8.80. The number of benzene rings is 1. The van der Waals surface area contributed by atoms with Crippen molar-refractivity contribution in [1.82, 2.24) is 0 Å². The van der Waals surface area contributed by atoms with Gasteiger partial charge in [0.1, 0.15) is 10.6 Å². The number of allylic oxidation sites excluding steroid dienone is 1. The van der Waals surface area contributed by atoms with E-state index in [4.69, 9.17) is 4.74 Å². The van der Waals surface area contributed by atoms with E-state index in [1.807, 2.05) is 0 Å². The number of ether oxygens (including phenoxy) is 1. The smallest absolute Gasteiger partial charge is 0.185 e. The number of sulfone groups is 1. The fourth-order valence-electron chi connectivity index (χ4n) is 1.19. The van der Waals surface area contributed by atoms with Crippen molar-refractivity contribution >= 4 is 9.84 Å². The van der Waals surface area contributed by atoms with Crippen LogP contribution in [0.15, 0.2) is 41.3 Å². The fraction of sp³-hybridized carbons (Fsp3) is 0.273. The molecule has 1 aromatic rings. The minimum atomic E-state index is -3.28. The average molecular weight is 226 g/mol. The van der Waals surface area contributed by atoms with Gasteiger partial charge in [-0.3, -0.25) is 0 Å². The van der Waals surface area contributed by atoms with E-state index in [0.29, 0.717) is 5.75 Å². The molecule has 0 N–H and O–H groups in total. The minimum Gasteiger partial charge on any atom is -0.495 e. The lowest BCUT2D eigenvalue weighted by Crippen LogP contribution is -2.06. The van der Waals surface area contributed by atoms with Crippen LogP contribution in [-0.4, -0.2) is 21.3 Å². The predicted molar refractivity (Wildman–Crippen MR) is 59.9 cm³/mol. The fourth-order valence-corrected chi connectivity index (χ4v) is 2.56. The molecule has 4 heteroatoms. The molecule has 0 aromatic heterocycles. The molecule has 3 nitrogen and oxygen atoms in total. The number of methoxy groups -OCH3 is 1. The van der Waals surface area contributed by atoms with Crippen LogP contribution < -0.4 is 4.74 Å². The lowest BCUT2D eigenvalue weighted by Gasteiger charge is -2.07. The van der Waals surface area contributed by atoms with Crippen LogP contribution in [0.5, 0.6) is 5.75 Å². The molecule has 0 heterocycles. The number of para-hydroxylation sites is 1. The van der Waals surface area contributed by atoms with E-state index in [1.165, 1.54) is 7.11 Å². The molecule has 15 heavy (non-hydrogen) atoms. The zero-order chi connectivity index (χ0) is 11.3. The molecule has 0 radical (unpaired) electrons. The number of rotatable bonds is 4. The van der Waals surface area contributed by atoms with Gasteiger partial charge in [-0.15, -0.1) is 0 Å². The van der Waals surface area contributed by atoms with Gasteiger partial charge in [0.05, 0.1) is 12.9 Å². The Labute approximate surface area is 90.3 Å². The van der Waals surface area contributed by atoms with Gasteiger partial charge in [-0.05, 0) is 19.1 Å². The van der Waals surface area contributed by atoms with Gasteiger partial charge in [-0.2, -0.15) is 0 Å². The molecule has 0 bridgehead atoms. The molecule has 0 saturated carbocycles. The summed E-state index contributed by atoms with van der Waals surface area (Å²) in [6.07, 6.45) is 3.33. The standard InChI is InChI=1S/C11H14O3S/c1-3-4-9-15(12,13)11-8-6-5-7-10(11)14-2/h3-8H,9H2,1-2H3. The quantitative estimate of drug-likeness (QED) is 0.738. The van der Waals surface area contributed by atoms with E-state index in [0.717, 1.165) is 0 Å². The summed E-state index contributed by atoms with van der Waals surface area (Å²) in [5.41, 5.74) is 0. The summed E-state index contributed by atoms with van der Waals surface area (Å²) >= 11 is 0. The van der Waals surface area contributed by atoms with Gasteiger partial charge >= 0.3 is 0 Å². The third kappa shape index (κ3) is 2.83. The summed E-state index contributed by atoms with van der Waals surface area (Å²) in [5, 5.41) is 0. The number of hydrogen-bond donors (Lipinski definition) is 0. The Bertz CT molecular complexity index is 447. The van der Waals surface area contributed by atoms with Crippen molar-refractivity contribution in [3.8, 4) is 5.75 Å². The van der Waals surface area contributed by atoms with Crippen LogP contribution in [0.3, 0.4) is 0 Å². The SMILES string of the molecule is CC=CCS(=O)(=O)c1ccccc1OC. The van der Waals surface area contributed by atoms with E-state index < -0.39 is 9.84 Å². The van der Waals surface area contributed by atoms with Crippen molar-refractivity contribution in [1.29, 1.82) is 0 Å². The summed E-state index contributed by atoms with van der Waals surface area (Å²) in [5.74, 6) is 0.395. The maximum absolute atomic E-state index is 11.8. The Morgan fingerprint density at radius 1 is 1.33 bits per heavy atom. The minimum absolute atomic E-state index is 0.00384. The molecule has 0 saturated heterocycles. The summed E-state index contributed by atoms with van der Waals surface area (Å²) < 4.78 is 28.7. The van der Waals surface area contributed by atoms with Crippen LogP contribution in [0.25, 0.3) is 0 Å². The Hall–Kier alpha value is -1.29. The van der Waals surface area contributed by atoms with Gasteiger partial charge < -0.3 is 4.74 Å². The zero-order valence-corrected chi connectivity index (χ0v) is 9.62. The average Bonchev–Trinajstić information content (AvgIpc) is 2.26. The molecular formula is C11H14O3S. The summed E-state index contributed by atoms with van der Waals surface area (Å²) in [6.45, 7) is 1.79. The van der Waals surface area contributed by atoms with Crippen LogP contribution in [0, 0.1) is 0 Å². The maximum Gasteiger partial charge on any atom is 0.185 e. The van der Waals surface area contributed by atoms with Crippen LogP contribution in [0.1, 0.15) is 6.92 Å². The Balaban J connectivity index is 3.15. The normalized spacial score (nSPS) is 11.9. The third-order valence-corrected chi connectivity index (χ3v) is 3.59. The van der Waals surface area contributed by atoms with Crippen molar-refractivity contribution in [3.63, 3.8) is 0 Å². The van der Waals surface area contributed by atoms with Crippen molar-refractivity contribution in [2.24, 2.45) is 0 Å². The second-order valence-electron chi connectivity index (χ2n) is 3.00. The van der Waals surface area contributed by atoms with Crippen molar-refractivity contribution < 1.29 is 13.2 Å². The number of hydrogen-bond acceptors (Lipinski definition) is 3. The van der Waals surface area contributed by atoms with Crippen LogP contribution in [0.4, 0.5) is 0 Å². The highest BCUT2D eigenvalue weighted by Crippen LogP contribution is 2.23. The maximum atomic E-state index is 11.8. The van der Waals surface area contributed by atoms with Crippen molar-refractivity contribution in [2.45, 2.75) is 11.8 Å². The molecule has 1 rings (SSSR count). The molecule has 1 aromatic carbocycles. The topological polar surface area (TPSA) is 43.4 Å². The summed E-state index contributed by atoms with van der Waals surface area (Å²) in [6, 6.07) is 6.62. The molecular weight excluding hydrogens is 212 g/mol. The van der Waals surface area contributed by atoms with Crippen LogP contribution in [0.2, 0.25) is 0 Å².